The Morgan fingerprint density at radius 2 is 1.02 bits per heavy atom. The summed E-state index contributed by atoms with van der Waals surface area (Å²) in [4.78, 5) is 2.43. The van der Waals surface area contributed by atoms with Crippen molar-refractivity contribution < 1.29 is 0 Å². The summed E-state index contributed by atoms with van der Waals surface area (Å²) in [5, 5.41) is 5.14. The van der Waals surface area contributed by atoms with Crippen molar-refractivity contribution in [3.05, 3.63) is 211 Å². The Morgan fingerprint density at radius 1 is 0.403 bits per heavy atom. The highest BCUT2D eigenvalue weighted by molar-refractivity contribution is 6.09. The van der Waals surface area contributed by atoms with Crippen LogP contribution in [0, 0.1) is 30.6 Å². The number of benzene rings is 9. The maximum Gasteiger partial charge on any atom is 0.0540 e. The summed E-state index contributed by atoms with van der Waals surface area (Å²) in [6.07, 6.45) is 6.83. The molecular weight excluding hydrogens is 747 g/mol. The number of rotatable bonds is 6. The second-order valence-electron chi connectivity index (χ2n) is 19.0. The van der Waals surface area contributed by atoms with Gasteiger partial charge in [-0.25, -0.2) is 0 Å². The molecule has 0 unspecified atom stereocenters. The first-order valence-corrected chi connectivity index (χ1v) is 22.9. The van der Waals surface area contributed by atoms with Gasteiger partial charge in [-0.05, 0) is 183 Å². The predicted octanol–water partition coefficient (Wildman–Crippen LogP) is 16.5. The maximum atomic E-state index is 2.70. The van der Waals surface area contributed by atoms with Gasteiger partial charge in [0.25, 0.3) is 0 Å². The molecule has 1 nitrogen and oxygen atoms in total. The molecule has 1 spiro atoms. The number of hydrogen-bond donors (Lipinski definition) is 0. The number of nitrogens with zero attached hydrogens (tertiary/aromatic N) is 1. The van der Waals surface area contributed by atoms with E-state index in [9.17, 15) is 0 Å². The molecule has 0 amide bonds. The Bertz CT molecular complexity index is 3160. The molecule has 5 aliphatic rings. The van der Waals surface area contributed by atoms with Gasteiger partial charge in [0, 0.05) is 22.2 Å². The van der Waals surface area contributed by atoms with Crippen LogP contribution in [0.25, 0.3) is 66.1 Å². The molecule has 0 saturated heterocycles. The minimum absolute atomic E-state index is 0.0104. The standard InChI is InChI=1S/C61H49N/c1-39-23-26-49(27-24-39)62(48-17-6-3-7-18-48)59-30-29-51(52-20-10-11-21-54(52)59)45-36-56(53-22-12-16-43-15-8-9-19-50(43)53)60-55-28-25-44(42-13-4-2-5-14-42)37-57(55)61(58(60)38-45)46-32-40-31-41(34-46)35-47(61)33-40/h2-30,36-38,40-41,46-47H,31-35H2,1H3. The van der Waals surface area contributed by atoms with Gasteiger partial charge >= 0.3 is 0 Å². The van der Waals surface area contributed by atoms with Crippen LogP contribution in [-0.4, -0.2) is 0 Å². The lowest BCUT2D eigenvalue weighted by Crippen LogP contribution is -2.55. The van der Waals surface area contributed by atoms with Crippen molar-refractivity contribution in [2.45, 2.75) is 44.4 Å². The lowest BCUT2D eigenvalue weighted by Gasteiger charge is -2.61. The van der Waals surface area contributed by atoms with Gasteiger partial charge in [0.1, 0.15) is 0 Å². The van der Waals surface area contributed by atoms with E-state index in [1.165, 1.54) is 109 Å². The Kier molecular flexibility index (Phi) is 8.08. The first-order chi connectivity index (χ1) is 30.6. The number of hydrogen-bond acceptors (Lipinski definition) is 1. The highest BCUT2D eigenvalue weighted by Gasteiger charge is 2.62. The van der Waals surface area contributed by atoms with Crippen molar-refractivity contribution in [2.24, 2.45) is 23.7 Å². The van der Waals surface area contributed by atoms with Crippen molar-refractivity contribution in [2.75, 3.05) is 4.90 Å². The SMILES string of the molecule is Cc1ccc(N(c2ccccc2)c2ccc(-c3cc(-c4cccc5ccccc45)c4c(c3)C3(c5cc(-c6ccccc6)ccc5-4)C4CC5CC(C4)CC3C5)c3ccccc23)cc1. The van der Waals surface area contributed by atoms with Gasteiger partial charge in [-0.15, -0.1) is 0 Å². The van der Waals surface area contributed by atoms with Crippen molar-refractivity contribution in [3.63, 3.8) is 0 Å². The molecule has 0 atom stereocenters. The Balaban J connectivity index is 1.10. The summed E-state index contributed by atoms with van der Waals surface area (Å²) < 4.78 is 0. The Hall–Kier alpha value is -6.70. The van der Waals surface area contributed by atoms with Crippen molar-refractivity contribution in [1.82, 2.24) is 0 Å². The van der Waals surface area contributed by atoms with Crippen LogP contribution in [0.15, 0.2) is 194 Å². The minimum atomic E-state index is -0.0104. The second kappa shape index (κ2) is 13.9. The van der Waals surface area contributed by atoms with Crippen LogP contribution in [0.4, 0.5) is 17.1 Å². The molecule has 9 aromatic rings. The van der Waals surface area contributed by atoms with E-state index in [1.54, 1.807) is 11.1 Å². The average molecular weight is 796 g/mol. The minimum Gasteiger partial charge on any atom is -0.310 e. The fraction of sp³-hybridized carbons (Fsp3) is 0.180. The Morgan fingerprint density at radius 3 is 1.77 bits per heavy atom. The van der Waals surface area contributed by atoms with Gasteiger partial charge in [0.2, 0.25) is 0 Å². The van der Waals surface area contributed by atoms with Crippen LogP contribution < -0.4 is 4.90 Å². The lowest BCUT2D eigenvalue weighted by atomic mass is 9.43. The first kappa shape index (κ1) is 36.0. The third-order valence-corrected chi connectivity index (χ3v) is 15.7. The molecule has 4 saturated carbocycles. The zero-order chi connectivity index (χ0) is 40.9. The number of para-hydroxylation sites is 1. The molecule has 0 aromatic heterocycles. The summed E-state index contributed by atoms with van der Waals surface area (Å²) in [5.41, 5.74) is 18.8. The fourth-order valence-electron chi connectivity index (χ4n) is 13.4. The molecule has 1 heteroatoms. The van der Waals surface area contributed by atoms with Gasteiger partial charge in [-0.1, -0.05) is 151 Å². The maximum absolute atomic E-state index is 2.70. The molecule has 9 aromatic carbocycles. The van der Waals surface area contributed by atoms with E-state index >= 15 is 0 Å². The van der Waals surface area contributed by atoms with E-state index < -0.39 is 0 Å². The summed E-state index contributed by atoms with van der Waals surface area (Å²) in [6, 6.07) is 73.7. The zero-order valence-electron chi connectivity index (χ0n) is 35.3. The van der Waals surface area contributed by atoms with E-state index in [0.717, 1.165) is 23.2 Å². The van der Waals surface area contributed by atoms with E-state index in [4.69, 9.17) is 0 Å². The quantitative estimate of drug-likeness (QED) is 0.162. The first-order valence-electron chi connectivity index (χ1n) is 22.9. The lowest BCUT2D eigenvalue weighted by molar-refractivity contribution is -0.0399. The molecule has 4 fully saturated rings. The van der Waals surface area contributed by atoms with Gasteiger partial charge in [0.15, 0.2) is 0 Å². The smallest absolute Gasteiger partial charge is 0.0540 e. The summed E-state index contributed by atoms with van der Waals surface area (Å²) in [7, 11) is 0. The van der Waals surface area contributed by atoms with E-state index in [0.29, 0.717) is 11.8 Å². The summed E-state index contributed by atoms with van der Waals surface area (Å²) in [6.45, 7) is 2.16. The summed E-state index contributed by atoms with van der Waals surface area (Å²) >= 11 is 0. The van der Waals surface area contributed by atoms with Crippen LogP contribution in [0.5, 0.6) is 0 Å². The van der Waals surface area contributed by atoms with Gasteiger partial charge in [0.05, 0.1) is 5.69 Å². The largest absolute Gasteiger partial charge is 0.310 e. The molecule has 62 heavy (non-hydrogen) atoms. The van der Waals surface area contributed by atoms with Crippen LogP contribution in [0.2, 0.25) is 0 Å². The number of anilines is 3. The molecule has 0 aliphatic heterocycles. The molecule has 0 heterocycles. The van der Waals surface area contributed by atoms with Crippen LogP contribution in [0.3, 0.4) is 0 Å². The van der Waals surface area contributed by atoms with E-state index in [1.807, 2.05) is 0 Å². The molecule has 298 valence electrons. The van der Waals surface area contributed by atoms with E-state index in [-0.39, 0.29) is 5.41 Å². The van der Waals surface area contributed by atoms with Gasteiger partial charge in [-0.3, -0.25) is 0 Å². The van der Waals surface area contributed by atoms with Crippen LogP contribution in [-0.2, 0) is 5.41 Å². The fourth-order valence-corrected chi connectivity index (χ4v) is 13.4. The number of aryl methyl sites for hydroxylation is 1. The second-order valence-corrected chi connectivity index (χ2v) is 19.0. The molecular formula is C61H49N. The normalized spacial score (nSPS) is 21.7. The highest BCUT2D eigenvalue weighted by Crippen LogP contribution is 2.71. The number of fused-ring (bicyclic) bond motifs is 5. The summed E-state index contributed by atoms with van der Waals surface area (Å²) in [5.74, 6) is 3.03. The molecule has 0 N–H and O–H groups in total. The molecule has 4 bridgehead atoms. The van der Waals surface area contributed by atoms with Crippen LogP contribution >= 0.6 is 0 Å². The predicted molar refractivity (Wildman–Crippen MR) is 260 cm³/mol. The monoisotopic (exact) mass is 795 g/mol. The van der Waals surface area contributed by atoms with Crippen molar-refractivity contribution in [3.8, 4) is 44.5 Å². The molecule has 14 rings (SSSR count). The third kappa shape index (κ3) is 5.34. The zero-order valence-corrected chi connectivity index (χ0v) is 35.3. The van der Waals surface area contributed by atoms with Gasteiger partial charge < -0.3 is 4.90 Å². The van der Waals surface area contributed by atoms with Gasteiger partial charge in [-0.2, -0.15) is 0 Å². The topological polar surface area (TPSA) is 3.24 Å². The van der Waals surface area contributed by atoms with E-state index in [2.05, 4.69) is 206 Å². The highest BCUT2D eigenvalue weighted by atomic mass is 15.1. The van der Waals surface area contributed by atoms with Crippen molar-refractivity contribution in [1.29, 1.82) is 0 Å². The third-order valence-electron chi connectivity index (χ3n) is 15.7. The van der Waals surface area contributed by atoms with Crippen molar-refractivity contribution >= 4 is 38.6 Å². The Labute approximate surface area is 365 Å². The van der Waals surface area contributed by atoms with Crippen LogP contribution in [0.1, 0.15) is 48.8 Å². The molecule has 0 radical (unpaired) electrons. The molecule has 5 aliphatic carbocycles. The average Bonchev–Trinajstić information content (AvgIpc) is 3.61.